The summed E-state index contributed by atoms with van der Waals surface area (Å²) in [7, 11) is 1.75. The second-order valence-corrected chi connectivity index (χ2v) is 4.93. The minimum Gasteiger partial charge on any atom is -0.347 e. The first kappa shape index (κ1) is 13.3. The molecule has 0 radical (unpaired) electrons. The Morgan fingerprint density at radius 3 is 2.58 bits per heavy atom. The molecule has 3 amide bonds. The number of rotatable bonds is 3. The van der Waals surface area contributed by atoms with Crippen LogP contribution < -0.4 is 5.32 Å². The molecule has 6 heteroatoms. The number of nitrogens with zero attached hydrogens (tertiary/aromatic N) is 2. The van der Waals surface area contributed by atoms with E-state index >= 15 is 0 Å². The lowest BCUT2D eigenvalue weighted by atomic mass is 10.2. The van der Waals surface area contributed by atoms with E-state index in [0.717, 1.165) is 0 Å². The van der Waals surface area contributed by atoms with Crippen LogP contribution in [0.5, 0.6) is 0 Å². The maximum absolute atomic E-state index is 12.0. The number of amides is 3. The van der Waals surface area contributed by atoms with Crippen LogP contribution in [0.2, 0.25) is 0 Å². The molecule has 6 nitrogen and oxygen atoms in total. The summed E-state index contributed by atoms with van der Waals surface area (Å²) in [6, 6.07) is 2.47. The Morgan fingerprint density at radius 1 is 1.42 bits per heavy atom. The number of carbonyl (C=O) groups excluding carboxylic acids is 3. The summed E-state index contributed by atoms with van der Waals surface area (Å²) in [5.74, 6) is -0.913. The van der Waals surface area contributed by atoms with Crippen molar-refractivity contribution in [3.05, 3.63) is 24.0 Å². The van der Waals surface area contributed by atoms with Crippen LogP contribution in [0.1, 0.15) is 30.8 Å². The van der Waals surface area contributed by atoms with Gasteiger partial charge in [0.05, 0.1) is 6.42 Å². The van der Waals surface area contributed by atoms with E-state index in [1.165, 1.54) is 4.90 Å². The Balaban J connectivity index is 2.09. The number of imide groups is 1. The highest BCUT2D eigenvalue weighted by Crippen LogP contribution is 2.16. The van der Waals surface area contributed by atoms with Crippen molar-refractivity contribution in [1.29, 1.82) is 0 Å². The van der Waals surface area contributed by atoms with Crippen LogP contribution in [-0.4, -0.2) is 39.3 Å². The maximum atomic E-state index is 12.0. The molecule has 1 saturated heterocycles. The topological polar surface area (TPSA) is 71.4 Å². The summed E-state index contributed by atoms with van der Waals surface area (Å²) >= 11 is 0. The van der Waals surface area contributed by atoms with Crippen molar-refractivity contribution in [2.45, 2.75) is 32.4 Å². The van der Waals surface area contributed by atoms with Gasteiger partial charge < -0.3 is 9.88 Å². The van der Waals surface area contributed by atoms with Gasteiger partial charge in [0, 0.05) is 19.3 Å². The van der Waals surface area contributed by atoms with E-state index in [9.17, 15) is 14.4 Å². The quantitative estimate of drug-likeness (QED) is 0.797. The van der Waals surface area contributed by atoms with Gasteiger partial charge in [0.2, 0.25) is 5.91 Å². The second-order valence-electron chi connectivity index (χ2n) is 4.93. The predicted molar refractivity (Wildman–Crippen MR) is 68.3 cm³/mol. The normalized spacial score (nSPS) is 19.4. The average Bonchev–Trinajstić information content (AvgIpc) is 2.84. The van der Waals surface area contributed by atoms with E-state index in [4.69, 9.17) is 0 Å². The van der Waals surface area contributed by atoms with Gasteiger partial charge in [-0.2, -0.15) is 0 Å². The number of likely N-dealkylation sites (tertiary alicyclic amines) is 1. The average molecular weight is 263 g/mol. The molecule has 102 valence electrons. The van der Waals surface area contributed by atoms with Gasteiger partial charge in [-0.3, -0.25) is 19.3 Å². The summed E-state index contributed by atoms with van der Waals surface area (Å²) in [6.45, 7) is 3.55. The third kappa shape index (κ3) is 2.38. The maximum Gasteiger partial charge on any atom is 0.268 e. The summed E-state index contributed by atoms with van der Waals surface area (Å²) in [4.78, 5) is 37.0. The first-order valence-corrected chi connectivity index (χ1v) is 6.20. The van der Waals surface area contributed by atoms with Gasteiger partial charge in [-0.05, 0) is 26.0 Å². The van der Waals surface area contributed by atoms with Gasteiger partial charge in [0.15, 0.2) is 0 Å². The summed E-state index contributed by atoms with van der Waals surface area (Å²) in [5, 5.41) is 2.62. The second kappa shape index (κ2) is 4.87. The highest BCUT2D eigenvalue weighted by molar-refractivity contribution is 6.08. The number of aryl methyl sites for hydroxylation is 1. The number of hydrogen-bond donors (Lipinski definition) is 1. The molecule has 2 rings (SSSR count). The van der Waals surface area contributed by atoms with Crippen LogP contribution in [-0.2, 0) is 16.6 Å². The Hall–Kier alpha value is -2.11. The minimum atomic E-state index is -0.753. The van der Waals surface area contributed by atoms with E-state index in [1.54, 1.807) is 43.8 Å². The molecule has 0 unspecified atom stereocenters. The van der Waals surface area contributed by atoms with Crippen LogP contribution >= 0.6 is 0 Å². The molecule has 0 aliphatic carbocycles. The zero-order valence-corrected chi connectivity index (χ0v) is 11.2. The fourth-order valence-corrected chi connectivity index (χ4v) is 2.24. The fourth-order valence-electron chi connectivity index (χ4n) is 2.24. The largest absolute Gasteiger partial charge is 0.347 e. The van der Waals surface area contributed by atoms with E-state index in [2.05, 4.69) is 5.32 Å². The Labute approximate surface area is 111 Å². The van der Waals surface area contributed by atoms with E-state index < -0.39 is 6.04 Å². The highest BCUT2D eigenvalue weighted by atomic mass is 16.2. The van der Waals surface area contributed by atoms with Gasteiger partial charge in [-0.25, -0.2) is 0 Å². The highest BCUT2D eigenvalue weighted by Gasteiger charge is 2.40. The first-order chi connectivity index (χ1) is 8.91. The minimum absolute atomic E-state index is 0.0349. The molecule has 1 aromatic heterocycles. The first-order valence-electron chi connectivity index (χ1n) is 6.20. The lowest BCUT2D eigenvalue weighted by Crippen LogP contribution is -2.44. The molecular weight excluding hydrogens is 246 g/mol. The molecule has 1 aliphatic heterocycles. The van der Waals surface area contributed by atoms with Gasteiger partial charge >= 0.3 is 0 Å². The monoisotopic (exact) mass is 263 g/mol. The van der Waals surface area contributed by atoms with Crippen LogP contribution in [0.25, 0.3) is 0 Å². The van der Waals surface area contributed by atoms with Gasteiger partial charge in [-0.1, -0.05) is 0 Å². The van der Waals surface area contributed by atoms with E-state index in [0.29, 0.717) is 5.69 Å². The van der Waals surface area contributed by atoms with Crippen LogP contribution in [0.3, 0.4) is 0 Å². The number of nitrogens with one attached hydrogen (secondary N) is 1. The summed E-state index contributed by atoms with van der Waals surface area (Å²) in [6.07, 6.45) is 1.78. The number of aromatic nitrogens is 1. The Kier molecular flexibility index (Phi) is 3.42. The smallest absolute Gasteiger partial charge is 0.268 e. The molecule has 1 N–H and O–H groups in total. The fraction of sp³-hybridized carbons (Fsp3) is 0.462. The summed E-state index contributed by atoms with van der Waals surface area (Å²) in [5.41, 5.74) is 0.461. The number of carbonyl (C=O) groups is 3. The van der Waals surface area contributed by atoms with Crippen LogP contribution in [0, 0.1) is 0 Å². The molecular formula is C13H17N3O3. The van der Waals surface area contributed by atoms with Crippen molar-refractivity contribution in [2.24, 2.45) is 7.05 Å². The molecule has 1 fully saturated rings. The molecule has 1 atom stereocenters. The lowest BCUT2D eigenvalue weighted by Gasteiger charge is -2.19. The van der Waals surface area contributed by atoms with Crippen molar-refractivity contribution < 1.29 is 14.4 Å². The molecule has 0 spiro atoms. The molecule has 0 aromatic carbocycles. The van der Waals surface area contributed by atoms with Gasteiger partial charge in [-0.15, -0.1) is 0 Å². The standard InChI is InChI=1S/C13H17N3O3/c1-8(2)16-11(17)7-9(13(16)19)14-12(18)10-5-4-6-15(10)3/h4-6,8-9H,7H2,1-3H3,(H,14,18)/t9-/m1/s1. The van der Waals surface area contributed by atoms with Crippen molar-refractivity contribution in [3.63, 3.8) is 0 Å². The Morgan fingerprint density at radius 2 is 2.11 bits per heavy atom. The zero-order valence-electron chi connectivity index (χ0n) is 11.2. The van der Waals surface area contributed by atoms with Gasteiger partial charge in [0.25, 0.3) is 11.8 Å². The van der Waals surface area contributed by atoms with Crippen molar-refractivity contribution in [1.82, 2.24) is 14.8 Å². The van der Waals surface area contributed by atoms with Crippen molar-refractivity contribution >= 4 is 17.7 Å². The SMILES string of the molecule is CC(C)N1C(=O)C[C@@H](NC(=O)c2cccn2C)C1=O. The lowest BCUT2D eigenvalue weighted by molar-refractivity contribution is -0.140. The van der Waals surface area contributed by atoms with Gasteiger partial charge in [0.1, 0.15) is 11.7 Å². The van der Waals surface area contributed by atoms with Crippen LogP contribution in [0.4, 0.5) is 0 Å². The third-order valence-electron chi connectivity index (χ3n) is 3.18. The predicted octanol–water partition coefficient (Wildman–Crippen LogP) is 0.291. The molecule has 2 heterocycles. The molecule has 1 aliphatic rings. The molecule has 0 saturated carbocycles. The van der Waals surface area contributed by atoms with E-state index in [-0.39, 0.29) is 30.2 Å². The Bertz CT molecular complexity index is 533. The van der Waals surface area contributed by atoms with Crippen molar-refractivity contribution in [2.75, 3.05) is 0 Å². The third-order valence-corrected chi connectivity index (χ3v) is 3.18. The zero-order chi connectivity index (χ0) is 14.2. The molecule has 0 bridgehead atoms. The summed E-state index contributed by atoms with van der Waals surface area (Å²) < 4.78 is 1.66. The number of hydrogen-bond acceptors (Lipinski definition) is 3. The van der Waals surface area contributed by atoms with Crippen LogP contribution in [0.15, 0.2) is 18.3 Å². The molecule has 1 aromatic rings. The van der Waals surface area contributed by atoms with E-state index in [1.807, 2.05) is 0 Å². The van der Waals surface area contributed by atoms with Crippen molar-refractivity contribution in [3.8, 4) is 0 Å². The molecule has 19 heavy (non-hydrogen) atoms.